The highest BCUT2D eigenvalue weighted by molar-refractivity contribution is 8.00. The Labute approximate surface area is 188 Å². The molecule has 3 N–H and O–H groups in total. The molecule has 162 valence electrons. The van der Waals surface area contributed by atoms with Gasteiger partial charge >= 0.3 is 5.97 Å². The molecule has 0 saturated carbocycles. The van der Waals surface area contributed by atoms with Gasteiger partial charge in [-0.05, 0) is 35.9 Å². The normalized spacial score (nSPS) is 11.7. The van der Waals surface area contributed by atoms with E-state index in [1.165, 1.54) is 23.9 Å². The van der Waals surface area contributed by atoms with Gasteiger partial charge in [-0.25, -0.2) is 9.18 Å². The third kappa shape index (κ3) is 6.55. The van der Waals surface area contributed by atoms with Crippen LogP contribution in [0, 0.1) is 5.82 Å². The Kier molecular flexibility index (Phi) is 7.77. The molecular weight excluding hydrogens is 431 g/mol. The van der Waals surface area contributed by atoms with Crippen molar-refractivity contribution >= 4 is 40.9 Å². The number of rotatable bonds is 8. The van der Waals surface area contributed by atoms with E-state index in [2.05, 4.69) is 10.6 Å². The zero-order valence-electron chi connectivity index (χ0n) is 16.7. The van der Waals surface area contributed by atoms with E-state index in [9.17, 15) is 18.8 Å². The first-order valence-electron chi connectivity index (χ1n) is 9.51. The van der Waals surface area contributed by atoms with Gasteiger partial charge in [-0.2, -0.15) is 0 Å². The third-order valence-corrected chi connectivity index (χ3v) is 5.45. The van der Waals surface area contributed by atoms with E-state index in [1.807, 2.05) is 18.2 Å². The molecule has 0 bridgehead atoms. The second kappa shape index (κ2) is 10.9. The molecule has 1 unspecified atom stereocenters. The summed E-state index contributed by atoms with van der Waals surface area (Å²) in [5.74, 6) is -2.75. The molecule has 0 aliphatic heterocycles. The molecule has 1 atom stereocenters. The van der Waals surface area contributed by atoms with E-state index >= 15 is 0 Å². The SMILES string of the molecule is O=C(O)/C=C/C(=O)Nc1cccc(SC(C(=O)Nc2ccccc2F)c2ccccc2)c1. The highest BCUT2D eigenvalue weighted by Crippen LogP contribution is 2.37. The Morgan fingerprint density at radius 3 is 2.31 bits per heavy atom. The number of nitrogens with one attached hydrogen (secondary N) is 2. The van der Waals surface area contributed by atoms with E-state index in [0.717, 1.165) is 17.7 Å². The second-order valence-electron chi connectivity index (χ2n) is 6.57. The summed E-state index contributed by atoms with van der Waals surface area (Å²) in [6.07, 6.45) is 1.66. The molecule has 0 fully saturated rings. The molecule has 3 aromatic carbocycles. The first kappa shape index (κ1) is 22.8. The largest absolute Gasteiger partial charge is 0.478 e. The molecule has 0 aromatic heterocycles. The van der Waals surface area contributed by atoms with Crippen LogP contribution in [-0.2, 0) is 14.4 Å². The Bertz CT molecular complexity index is 1150. The number of para-hydroxylation sites is 1. The van der Waals surface area contributed by atoms with Crippen molar-refractivity contribution in [3.63, 3.8) is 0 Å². The number of halogens is 1. The van der Waals surface area contributed by atoms with Crippen molar-refractivity contribution in [1.29, 1.82) is 0 Å². The quantitative estimate of drug-likeness (QED) is 0.336. The number of amides is 2. The lowest BCUT2D eigenvalue weighted by molar-refractivity contribution is -0.131. The molecule has 3 aromatic rings. The van der Waals surface area contributed by atoms with E-state index in [4.69, 9.17) is 5.11 Å². The fourth-order valence-corrected chi connectivity index (χ4v) is 3.86. The van der Waals surface area contributed by atoms with Gasteiger partial charge in [0.05, 0.1) is 5.69 Å². The standard InChI is InChI=1S/C24H19FN2O4S/c25-19-11-4-5-12-20(19)27-24(31)23(16-7-2-1-3-8-16)32-18-10-6-9-17(15-18)26-21(28)13-14-22(29)30/h1-15,23H,(H,26,28)(H,27,31)(H,29,30)/b14-13+. The van der Waals surface area contributed by atoms with Crippen LogP contribution in [0.2, 0.25) is 0 Å². The molecule has 3 rings (SSSR count). The fraction of sp³-hybridized carbons (Fsp3) is 0.0417. The second-order valence-corrected chi connectivity index (χ2v) is 7.74. The number of anilines is 2. The Balaban J connectivity index is 1.81. The lowest BCUT2D eigenvalue weighted by Crippen LogP contribution is -2.19. The number of carboxylic acids is 1. The van der Waals surface area contributed by atoms with Crippen LogP contribution in [-0.4, -0.2) is 22.9 Å². The maximum absolute atomic E-state index is 14.0. The monoisotopic (exact) mass is 450 g/mol. The van der Waals surface area contributed by atoms with Gasteiger partial charge in [-0.1, -0.05) is 48.5 Å². The summed E-state index contributed by atoms with van der Waals surface area (Å²) >= 11 is 1.24. The molecule has 0 aliphatic carbocycles. The summed E-state index contributed by atoms with van der Waals surface area (Å²) in [5, 5.41) is 13.1. The number of benzene rings is 3. The van der Waals surface area contributed by atoms with Crippen LogP contribution in [0.3, 0.4) is 0 Å². The minimum atomic E-state index is -1.23. The van der Waals surface area contributed by atoms with Gasteiger partial charge in [0.1, 0.15) is 11.1 Å². The van der Waals surface area contributed by atoms with Gasteiger partial charge < -0.3 is 15.7 Å². The Hall–Kier alpha value is -3.91. The first-order chi connectivity index (χ1) is 15.4. The van der Waals surface area contributed by atoms with Crippen molar-refractivity contribution in [2.75, 3.05) is 10.6 Å². The topological polar surface area (TPSA) is 95.5 Å². The lowest BCUT2D eigenvalue weighted by Gasteiger charge is -2.18. The molecule has 0 saturated heterocycles. The lowest BCUT2D eigenvalue weighted by atomic mass is 10.1. The van der Waals surface area contributed by atoms with Gasteiger partial charge in [-0.15, -0.1) is 11.8 Å². The van der Waals surface area contributed by atoms with Crippen molar-refractivity contribution in [3.05, 3.63) is 102 Å². The van der Waals surface area contributed by atoms with Crippen LogP contribution in [0.25, 0.3) is 0 Å². The van der Waals surface area contributed by atoms with Crippen LogP contribution in [0.4, 0.5) is 15.8 Å². The summed E-state index contributed by atoms with van der Waals surface area (Å²) in [6.45, 7) is 0. The fourth-order valence-electron chi connectivity index (χ4n) is 2.78. The summed E-state index contributed by atoms with van der Waals surface area (Å²) in [4.78, 5) is 36.1. The Morgan fingerprint density at radius 1 is 0.875 bits per heavy atom. The van der Waals surface area contributed by atoms with Gasteiger partial charge in [0.15, 0.2) is 0 Å². The van der Waals surface area contributed by atoms with Gasteiger partial charge in [-0.3, -0.25) is 9.59 Å². The molecule has 6 nitrogen and oxygen atoms in total. The minimum absolute atomic E-state index is 0.0882. The number of carbonyl (C=O) groups is 3. The van der Waals surface area contributed by atoms with Crippen molar-refractivity contribution < 1.29 is 23.9 Å². The van der Waals surface area contributed by atoms with Crippen LogP contribution in [0.5, 0.6) is 0 Å². The van der Waals surface area contributed by atoms with Crippen molar-refractivity contribution in [1.82, 2.24) is 0 Å². The number of carbonyl (C=O) groups excluding carboxylic acids is 2. The predicted molar refractivity (Wildman–Crippen MR) is 122 cm³/mol. The highest BCUT2D eigenvalue weighted by atomic mass is 32.2. The summed E-state index contributed by atoms with van der Waals surface area (Å²) < 4.78 is 14.0. The summed E-state index contributed by atoms with van der Waals surface area (Å²) in [6, 6.07) is 21.8. The molecule has 0 radical (unpaired) electrons. The van der Waals surface area contributed by atoms with Crippen LogP contribution in [0.1, 0.15) is 10.8 Å². The number of hydrogen-bond donors (Lipinski definition) is 3. The summed E-state index contributed by atoms with van der Waals surface area (Å²) in [7, 11) is 0. The van der Waals surface area contributed by atoms with E-state index in [0.29, 0.717) is 10.6 Å². The van der Waals surface area contributed by atoms with E-state index < -0.39 is 28.9 Å². The molecule has 0 spiro atoms. The molecule has 0 heterocycles. The number of hydrogen-bond acceptors (Lipinski definition) is 4. The molecule has 32 heavy (non-hydrogen) atoms. The smallest absolute Gasteiger partial charge is 0.328 e. The average Bonchev–Trinajstić information content (AvgIpc) is 2.78. The van der Waals surface area contributed by atoms with Crippen molar-refractivity contribution in [3.8, 4) is 0 Å². The van der Waals surface area contributed by atoms with Gasteiger partial charge in [0.25, 0.3) is 0 Å². The maximum atomic E-state index is 14.0. The average molecular weight is 450 g/mol. The first-order valence-corrected chi connectivity index (χ1v) is 10.4. The van der Waals surface area contributed by atoms with Crippen LogP contribution >= 0.6 is 11.8 Å². The minimum Gasteiger partial charge on any atom is -0.478 e. The maximum Gasteiger partial charge on any atom is 0.328 e. The van der Waals surface area contributed by atoms with Crippen molar-refractivity contribution in [2.24, 2.45) is 0 Å². The van der Waals surface area contributed by atoms with Gasteiger partial charge in [0.2, 0.25) is 11.8 Å². The molecular formula is C24H19FN2O4S. The molecule has 8 heteroatoms. The number of carboxylic acid groups (broad SMARTS) is 1. The Morgan fingerprint density at radius 2 is 1.59 bits per heavy atom. The summed E-state index contributed by atoms with van der Waals surface area (Å²) in [5.41, 5.74) is 1.26. The molecule has 2 amide bonds. The predicted octanol–water partition coefficient (Wildman–Crippen LogP) is 4.88. The number of thioether (sulfide) groups is 1. The number of aliphatic carboxylic acids is 1. The highest BCUT2D eigenvalue weighted by Gasteiger charge is 2.23. The van der Waals surface area contributed by atoms with Crippen LogP contribution in [0.15, 0.2) is 95.9 Å². The van der Waals surface area contributed by atoms with E-state index in [1.54, 1.807) is 48.5 Å². The third-order valence-electron chi connectivity index (χ3n) is 4.20. The zero-order chi connectivity index (χ0) is 22.9. The van der Waals surface area contributed by atoms with Crippen LogP contribution < -0.4 is 10.6 Å². The molecule has 0 aliphatic rings. The van der Waals surface area contributed by atoms with Gasteiger partial charge in [0, 0.05) is 22.7 Å². The van der Waals surface area contributed by atoms with E-state index in [-0.39, 0.29) is 5.69 Å². The zero-order valence-corrected chi connectivity index (χ0v) is 17.5. The van der Waals surface area contributed by atoms with Crippen molar-refractivity contribution in [2.45, 2.75) is 10.1 Å².